The van der Waals surface area contributed by atoms with Crippen LogP contribution in [0.4, 0.5) is 0 Å². The van der Waals surface area contributed by atoms with E-state index in [1.807, 2.05) is 0 Å². The molecular formula is C10H13N2O4PS. The molecule has 6 rings (SSSR count). The normalized spacial score (nSPS) is 51.4. The maximum atomic E-state index is 11.7. The number of rotatable bonds is 0. The molecule has 0 aromatic carbocycles. The van der Waals surface area contributed by atoms with Crippen LogP contribution in [0.2, 0.25) is 0 Å². The Hall–Kier alpha value is -0.460. The number of allylic oxidation sites excluding steroid dienone is 2. The predicted octanol–water partition coefficient (Wildman–Crippen LogP) is 2.34. The summed E-state index contributed by atoms with van der Waals surface area (Å²) in [6.07, 6.45) is 4.10. The first-order valence-corrected chi connectivity index (χ1v) is 9.16. The maximum absolute atomic E-state index is 11.7. The Bertz CT molecular complexity index is 576. The summed E-state index contributed by atoms with van der Waals surface area (Å²) in [7, 11) is -5.05. The largest absolute Gasteiger partial charge is 0.516 e. The van der Waals surface area contributed by atoms with Crippen molar-refractivity contribution in [3.63, 3.8) is 0 Å². The summed E-state index contributed by atoms with van der Waals surface area (Å²) in [5, 5.41) is 6.77. The maximum Gasteiger partial charge on any atom is 0.516 e. The van der Waals surface area contributed by atoms with Gasteiger partial charge >= 0.3 is 7.82 Å². The van der Waals surface area contributed by atoms with Crippen LogP contribution in [0.15, 0.2) is 21.9 Å². The van der Waals surface area contributed by atoms with Gasteiger partial charge in [-0.3, -0.25) is 0 Å². The minimum atomic E-state index is -3.18. The third-order valence-corrected chi connectivity index (χ3v) is 9.73. The first-order chi connectivity index (χ1) is 8.69. The zero-order valence-corrected chi connectivity index (χ0v) is 11.3. The first kappa shape index (κ1) is 10.3. The molecule has 8 heteroatoms. The molecule has 3 saturated heterocycles. The van der Waals surface area contributed by atoms with Crippen molar-refractivity contribution in [1.29, 1.82) is 0 Å². The number of nitrogens with one attached hydrogen (secondary N) is 2. The van der Waals surface area contributed by atoms with Crippen LogP contribution in [-0.2, 0) is 17.0 Å². The molecule has 5 aliphatic heterocycles. The molecule has 5 heterocycles. The second-order valence-electron chi connectivity index (χ2n) is 5.09. The van der Waals surface area contributed by atoms with E-state index >= 15 is 0 Å². The fourth-order valence-electron chi connectivity index (χ4n) is 3.21. The molecule has 1 aliphatic carbocycles. The minimum absolute atomic E-state index is 0.338. The van der Waals surface area contributed by atoms with Gasteiger partial charge in [0.1, 0.15) is 0 Å². The number of hydrogen-bond acceptors (Lipinski definition) is 6. The van der Waals surface area contributed by atoms with Crippen molar-refractivity contribution in [1.82, 2.24) is 10.6 Å². The number of phosphoric acid groups is 1. The van der Waals surface area contributed by atoms with Gasteiger partial charge in [0.2, 0.25) is 5.56 Å². The van der Waals surface area contributed by atoms with Crippen LogP contribution in [0.3, 0.4) is 0 Å². The predicted molar refractivity (Wildman–Crippen MR) is 65.9 cm³/mol. The van der Waals surface area contributed by atoms with Crippen molar-refractivity contribution in [2.75, 3.05) is 6.54 Å². The average molecular weight is 288 g/mol. The molecule has 18 heavy (non-hydrogen) atoms. The monoisotopic (exact) mass is 288 g/mol. The molecule has 0 amide bonds. The summed E-state index contributed by atoms with van der Waals surface area (Å²) >= 11 is 0. The molecule has 6 aliphatic rings. The molecular weight excluding hydrogens is 275 g/mol. The Morgan fingerprint density at radius 2 is 2.17 bits per heavy atom. The van der Waals surface area contributed by atoms with Crippen LogP contribution in [0, 0.1) is 0 Å². The fourth-order valence-corrected chi connectivity index (χ4v) is 9.49. The van der Waals surface area contributed by atoms with E-state index in [-0.39, 0.29) is 5.56 Å². The van der Waals surface area contributed by atoms with E-state index < -0.39 is 18.4 Å². The van der Waals surface area contributed by atoms with Crippen molar-refractivity contribution in [3.05, 3.63) is 21.9 Å². The van der Waals surface area contributed by atoms with Crippen LogP contribution in [0.1, 0.15) is 25.7 Å². The quantitative estimate of drug-likeness (QED) is 0.667. The number of hydrogen-bond donors (Lipinski definition) is 2. The molecule has 0 aromatic rings. The molecule has 0 radical (unpaired) electrons. The summed E-state index contributed by atoms with van der Waals surface area (Å²) in [4.78, 5) is 1.14. The van der Waals surface area contributed by atoms with E-state index in [0.717, 1.165) is 30.7 Å². The van der Waals surface area contributed by atoms with Gasteiger partial charge in [0.25, 0.3) is 0 Å². The molecule has 2 bridgehead atoms. The Morgan fingerprint density at radius 3 is 3.06 bits per heavy atom. The van der Waals surface area contributed by atoms with Gasteiger partial charge in [0.05, 0.1) is 4.91 Å². The topological polar surface area (TPSA) is 68.8 Å². The van der Waals surface area contributed by atoms with Gasteiger partial charge in [-0.25, -0.2) is 9.09 Å². The summed E-state index contributed by atoms with van der Waals surface area (Å²) in [6, 6.07) is 0. The Morgan fingerprint density at radius 1 is 1.28 bits per heavy atom. The SMILES string of the molecule is O=P12OC3NC4=C(CC5=C(CCCN5)C4)S3(O1)O2. The molecule has 1 atom stereocenters. The highest BCUT2D eigenvalue weighted by molar-refractivity contribution is 8.37. The van der Waals surface area contributed by atoms with Gasteiger partial charge in [-0.2, -0.15) is 7.94 Å². The lowest BCUT2D eigenvalue weighted by molar-refractivity contribution is 0.228. The van der Waals surface area contributed by atoms with Gasteiger partial charge in [-0.15, -0.1) is 0 Å². The highest BCUT2D eigenvalue weighted by Crippen LogP contribution is 2.95. The molecule has 98 valence electrons. The van der Waals surface area contributed by atoms with E-state index in [2.05, 4.69) is 10.6 Å². The van der Waals surface area contributed by atoms with Crippen molar-refractivity contribution in [3.8, 4) is 0 Å². The van der Waals surface area contributed by atoms with E-state index in [9.17, 15) is 4.57 Å². The van der Waals surface area contributed by atoms with Gasteiger partial charge in [0.15, 0.2) is 0 Å². The van der Waals surface area contributed by atoms with Crippen LogP contribution >= 0.6 is 18.4 Å². The van der Waals surface area contributed by atoms with Gasteiger partial charge in [0, 0.05) is 30.8 Å². The van der Waals surface area contributed by atoms with Gasteiger partial charge in [-0.05, 0) is 18.4 Å². The Labute approximate surface area is 106 Å². The fraction of sp³-hybridized carbons (Fsp3) is 0.600. The lowest BCUT2D eigenvalue weighted by Gasteiger charge is -2.43. The van der Waals surface area contributed by atoms with Crippen molar-refractivity contribution in [2.24, 2.45) is 0 Å². The van der Waals surface area contributed by atoms with Crippen molar-refractivity contribution < 1.29 is 17.0 Å². The third-order valence-electron chi connectivity index (χ3n) is 4.03. The molecule has 6 nitrogen and oxygen atoms in total. The Kier molecular flexibility index (Phi) is 1.72. The molecule has 1 spiro atoms. The standard InChI is InChI=1S/C10H13N2O4PS/c13-17-14-10-12-8-4-6-2-1-3-11-7(6)5-9(8)18(10,15-17)16-17/h10-12H,1-5H2. The molecule has 1 unspecified atom stereocenters. The lowest BCUT2D eigenvalue weighted by Crippen LogP contribution is -2.26. The summed E-state index contributed by atoms with van der Waals surface area (Å²) in [5.74, 6) is 0. The summed E-state index contributed by atoms with van der Waals surface area (Å²) in [6.45, 7) is 1.04. The van der Waals surface area contributed by atoms with E-state index in [1.165, 1.54) is 23.4 Å². The highest BCUT2D eigenvalue weighted by Gasteiger charge is 2.71. The first-order valence-electron chi connectivity index (χ1n) is 6.15. The zero-order valence-electron chi connectivity index (χ0n) is 9.60. The van der Waals surface area contributed by atoms with Gasteiger partial charge in [-0.1, -0.05) is 10.6 Å². The van der Waals surface area contributed by atoms with Gasteiger partial charge < -0.3 is 10.6 Å². The smallest absolute Gasteiger partial charge is 0.388 e. The zero-order chi connectivity index (χ0) is 12.0. The molecule has 0 aromatic heterocycles. The molecule has 3 fully saturated rings. The summed E-state index contributed by atoms with van der Waals surface area (Å²) in [5.41, 5.74) is 3.62. The third kappa shape index (κ3) is 1.07. The van der Waals surface area contributed by atoms with Crippen LogP contribution in [0.5, 0.6) is 0 Å². The lowest BCUT2D eigenvalue weighted by atomic mass is 9.93. The minimum Gasteiger partial charge on any atom is -0.388 e. The molecule has 0 saturated carbocycles. The Balaban J connectivity index is 1.54. The van der Waals surface area contributed by atoms with Crippen LogP contribution < -0.4 is 10.6 Å². The summed E-state index contributed by atoms with van der Waals surface area (Å²) < 4.78 is 28.1. The average Bonchev–Trinajstić information content (AvgIpc) is 2.85. The second-order valence-corrected chi connectivity index (χ2v) is 9.40. The second kappa shape index (κ2) is 2.99. The van der Waals surface area contributed by atoms with E-state index in [4.69, 9.17) is 12.5 Å². The van der Waals surface area contributed by atoms with Crippen LogP contribution in [0.25, 0.3) is 0 Å². The van der Waals surface area contributed by atoms with E-state index in [1.54, 1.807) is 0 Å². The van der Waals surface area contributed by atoms with Crippen molar-refractivity contribution >= 4 is 18.4 Å². The van der Waals surface area contributed by atoms with E-state index in [0.29, 0.717) is 0 Å². The highest BCUT2D eigenvalue weighted by atomic mass is 32.3. The van der Waals surface area contributed by atoms with Crippen molar-refractivity contribution in [2.45, 2.75) is 31.2 Å². The molecule has 2 N–H and O–H groups in total. The van der Waals surface area contributed by atoms with Crippen LogP contribution in [-0.4, -0.2) is 12.1 Å².